The topological polar surface area (TPSA) is 84.8 Å². The van der Waals surface area contributed by atoms with E-state index < -0.39 is 6.03 Å². The Morgan fingerprint density at radius 1 is 1.53 bits per heavy atom. The summed E-state index contributed by atoms with van der Waals surface area (Å²) in [4.78, 5) is 14.7. The number of thiocarbonyl (C=S) groups is 1. The van der Waals surface area contributed by atoms with Crippen LogP contribution in [-0.2, 0) is 0 Å². The van der Waals surface area contributed by atoms with E-state index >= 15 is 0 Å². The van der Waals surface area contributed by atoms with Gasteiger partial charge in [0.1, 0.15) is 11.9 Å². The van der Waals surface area contributed by atoms with Crippen molar-refractivity contribution in [3.8, 4) is 5.75 Å². The lowest BCUT2D eigenvalue weighted by Gasteiger charge is -2.36. The molecule has 1 saturated heterocycles. The van der Waals surface area contributed by atoms with Gasteiger partial charge in [0.15, 0.2) is 5.11 Å². The summed E-state index contributed by atoms with van der Waals surface area (Å²) in [5.41, 5.74) is 12.6. The van der Waals surface area contributed by atoms with E-state index in [2.05, 4.69) is 0 Å². The van der Waals surface area contributed by atoms with Gasteiger partial charge in [0.25, 0.3) is 0 Å². The minimum Gasteiger partial charge on any atom is -0.486 e. The van der Waals surface area contributed by atoms with Crippen LogP contribution in [0.2, 0.25) is 0 Å². The molecule has 100 valence electrons. The number of amides is 2. The zero-order valence-corrected chi connectivity index (χ0v) is 11.2. The minimum atomic E-state index is -0.544. The molecule has 2 aliphatic rings. The molecule has 1 aromatic rings. The number of urea groups is 1. The van der Waals surface area contributed by atoms with Crippen LogP contribution in [0.1, 0.15) is 6.92 Å². The Hall–Kier alpha value is -2.02. The monoisotopic (exact) mass is 278 g/mol. The fourth-order valence-electron chi connectivity index (χ4n) is 2.54. The smallest absolute Gasteiger partial charge is 0.321 e. The van der Waals surface area contributed by atoms with Gasteiger partial charge in [0.2, 0.25) is 0 Å². The second kappa shape index (κ2) is 3.99. The third-order valence-electron chi connectivity index (χ3n) is 3.50. The lowest BCUT2D eigenvalue weighted by atomic mass is 10.1. The highest BCUT2D eigenvalue weighted by Crippen LogP contribution is 2.40. The van der Waals surface area contributed by atoms with Gasteiger partial charge < -0.3 is 21.1 Å². The number of nitrogens with zero attached hydrogens (tertiary/aromatic N) is 2. The quantitative estimate of drug-likeness (QED) is 0.544. The standard InChI is InChI=1S/C12H14N4O2S/c1-6-9-5-15(11(14)17)12(19)16(9)8-4-7(13)2-3-10(8)18-6/h2-4,6,9H,5,13H2,1H3,(H2,14,17). The predicted octanol–water partition coefficient (Wildman–Crippen LogP) is 0.904. The third kappa shape index (κ3) is 1.69. The molecule has 4 N–H and O–H groups in total. The zero-order chi connectivity index (χ0) is 13.7. The lowest BCUT2D eigenvalue weighted by molar-refractivity contribution is 0.175. The van der Waals surface area contributed by atoms with Crippen LogP contribution >= 0.6 is 12.2 Å². The molecule has 19 heavy (non-hydrogen) atoms. The maximum absolute atomic E-state index is 11.4. The molecule has 0 aliphatic carbocycles. The number of fused-ring (bicyclic) bond motifs is 3. The molecule has 0 radical (unpaired) electrons. The van der Waals surface area contributed by atoms with Crippen molar-refractivity contribution in [1.29, 1.82) is 0 Å². The number of rotatable bonds is 0. The van der Waals surface area contributed by atoms with Crippen LogP contribution in [0.15, 0.2) is 18.2 Å². The molecule has 0 bridgehead atoms. The van der Waals surface area contributed by atoms with Crippen molar-refractivity contribution in [1.82, 2.24) is 4.90 Å². The number of nitrogens with two attached hydrogens (primary N) is 2. The average molecular weight is 278 g/mol. The lowest BCUT2D eigenvalue weighted by Crippen LogP contribution is -2.47. The number of hydrogen-bond donors (Lipinski definition) is 2. The van der Waals surface area contributed by atoms with Crippen LogP contribution in [0.4, 0.5) is 16.2 Å². The van der Waals surface area contributed by atoms with Gasteiger partial charge in [-0.3, -0.25) is 4.90 Å². The fourth-order valence-corrected chi connectivity index (χ4v) is 2.94. The van der Waals surface area contributed by atoms with Gasteiger partial charge in [-0.1, -0.05) is 0 Å². The van der Waals surface area contributed by atoms with Crippen molar-refractivity contribution in [2.45, 2.75) is 19.1 Å². The van der Waals surface area contributed by atoms with Crippen LogP contribution in [0, 0.1) is 0 Å². The summed E-state index contributed by atoms with van der Waals surface area (Å²) in [6.07, 6.45) is -0.0848. The van der Waals surface area contributed by atoms with Crippen LogP contribution in [0.5, 0.6) is 5.75 Å². The number of primary amides is 1. The van der Waals surface area contributed by atoms with Crippen LogP contribution in [0.25, 0.3) is 0 Å². The first-order valence-electron chi connectivity index (χ1n) is 5.95. The van der Waals surface area contributed by atoms with Gasteiger partial charge in [-0.15, -0.1) is 0 Å². The number of anilines is 2. The second-order valence-corrected chi connectivity index (χ2v) is 5.08. The summed E-state index contributed by atoms with van der Waals surface area (Å²) in [6.45, 7) is 2.38. The number of carbonyl (C=O) groups excluding carboxylic acids is 1. The van der Waals surface area contributed by atoms with E-state index in [1.807, 2.05) is 17.9 Å². The summed E-state index contributed by atoms with van der Waals surface area (Å²) in [5, 5.41) is 0.402. The number of carbonyl (C=O) groups is 1. The Kier molecular flexibility index (Phi) is 2.53. The number of ether oxygens (including phenoxy) is 1. The normalized spacial score (nSPS) is 24.8. The van der Waals surface area contributed by atoms with Crippen molar-refractivity contribution in [3.05, 3.63) is 18.2 Å². The molecule has 1 fully saturated rings. The van der Waals surface area contributed by atoms with Crippen molar-refractivity contribution in [2.75, 3.05) is 17.2 Å². The molecule has 0 spiro atoms. The zero-order valence-electron chi connectivity index (χ0n) is 10.4. The molecule has 2 heterocycles. The molecule has 0 aromatic heterocycles. The first-order valence-corrected chi connectivity index (χ1v) is 6.36. The maximum Gasteiger partial charge on any atom is 0.321 e. The van der Waals surface area contributed by atoms with E-state index in [1.165, 1.54) is 4.90 Å². The van der Waals surface area contributed by atoms with E-state index in [1.54, 1.807) is 12.1 Å². The molecule has 0 saturated carbocycles. The van der Waals surface area contributed by atoms with Crippen LogP contribution < -0.4 is 21.1 Å². The van der Waals surface area contributed by atoms with E-state index in [-0.39, 0.29) is 12.1 Å². The summed E-state index contributed by atoms with van der Waals surface area (Å²) in [5.74, 6) is 0.714. The molecule has 2 unspecified atom stereocenters. The average Bonchev–Trinajstić information content (AvgIpc) is 2.69. The Labute approximate surface area is 115 Å². The van der Waals surface area contributed by atoms with Gasteiger partial charge in [-0.05, 0) is 37.3 Å². The van der Waals surface area contributed by atoms with Gasteiger partial charge in [-0.25, -0.2) is 4.79 Å². The first kappa shape index (κ1) is 12.0. The Morgan fingerprint density at radius 3 is 2.95 bits per heavy atom. The number of nitrogen functional groups attached to an aromatic ring is 1. The van der Waals surface area contributed by atoms with Gasteiger partial charge in [0.05, 0.1) is 18.3 Å². The molecule has 2 amide bonds. The SMILES string of the molecule is CC1Oc2ccc(N)cc2N2C(=S)N(C(N)=O)CC12. The molecule has 3 rings (SSSR count). The molecular weight excluding hydrogens is 264 g/mol. The minimum absolute atomic E-state index is 0.0331. The largest absolute Gasteiger partial charge is 0.486 e. The van der Waals surface area contributed by atoms with Gasteiger partial charge in [-0.2, -0.15) is 0 Å². The van der Waals surface area contributed by atoms with Crippen LogP contribution in [-0.4, -0.2) is 34.7 Å². The second-order valence-electron chi connectivity index (χ2n) is 4.72. The first-order chi connectivity index (χ1) is 8.99. The third-order valence-corrected chi connectivity index (χ3v) is 3.92. The fraction of sp³-hybridized carbons (Fsp3) is 0.333. The van der Waals surface area contributed by atoms with Crippen molar-refractivity contribution in [2.24, 2.45) is 5.73 Å². The highest BCUT2D eigenvalue weighted by atomic mass is 32.1. The predicted molar refractivity (Wildman–Crippen MR) is 76.1 cm³/mol. The highest BCUT2D eigenvalue weighted by molar-refractivity contribution is 7.80. The van der Waals surface area contributed by atoms with Gasteiger partial charge >= 0.3 is 6.03 Å². The summed E-state index contributed by atoms with van der Waals surface area (Å²) in [7, 11) is 0. The van der Waals surface area contributed by atoms with E-state index in [9.17, 15) is 4.79 Å². The summed E-state index contributed by atoms with van der Waals surface area (Å²) < 4.78 is 5.84. The molecule has 2 atom stereocenters. The van der Waals surface area contributed by atoms with Crippen molar-refractivity contribution < 1.29 is 9.53 Å². The van der Waals surface area contributed by atoms with E-state index in [0.29, 0.717) is 23.1 Å². The molecular formula is C12H14N4O2S. The molecule has 1 aromatic carbocycles. The maximum atomic E-state index is 11.4. The molecule has 2 aliphatic heterocycles. The molecule has 7 heteroatoms. The molecule has 6 nitrogen and oxygen atoms in total. The Morgan fingerprint density at radius 2 is 2.26 bits per heavy atom. The number of benzene rings is 1. The van der Waals surface area contributed by atoms with Crippen LogP contribution in [0.3, 0.4) is 0 Å². The highest BCUT2D eigenvalue weighted by Gasteiger charge is 2.45. The Bertz CT molecular complexity index is 577. The summed E-state index contributed by atoms with van der Waals surface area (Å²) >= 11 is 5.34. The van der Waals surface area contributed by atoms with Gasteiger partial charge in [0, 0.05) is 5.69 Å². The van der Waals surface area contributed by atoms with E-state index in [0.717, 1.165) is 5.69 Å². The van der Waals surface area contributed by atoms with Crippen molar-refractivity contribution >= 4 is 34.7 Å². The Balaban J connectivity index is 2.09. The van der Waals surface area contributed by atoms with E-state index in [4.69, 9.17) is 28.4 Å². The van der Waals surface area contributed by atoms with Crippen molar-refractivity contribution in [3.63, 3.8) is 0 Å². The number of hydrogen-bond acceptors (Lipinski definition) is 4. The summed E-state index contributed by atoms with van der Waals surface area (Å²) in [6, 6.07) is 4.81.